The van der Waals surface area contributed by atoms with Crippen LogP contribution in [0.3, 0.4) is 0 Å². The van der Waals surface area contributed by atoms with Gasteiger partial charge in [0, 0.05) is 49.9 Å². The maximum atomic E-state index is 13.7. The number of anilines is 1. The number of fused-ring (bicyclic) bond motifs is 1. The van der Waals surface area contributed by atoms with Gasteiger partial charge in [-0.2, -0.15) is 0 Å². The van der Waals surface area contributed by atoms with Crippen LogP contribution < -0.4 is 14.4 Å². The number of hydrogen-bond acceptors (Lipinski definition) is 9. The van der Waals surface area contributed by atoms with Gasteiger partial charge in [0.05, 0.1) is 47.8 Å². The quantitative estimate of drug-likeness (QED) is 0.129. The summed E-state index contributed by atoms with van der Waals surface area (Å²) in [4.78, 5) is 39.7. The summed E-state index contributed by atoms with van der Waals surface area (Å²) in [6, 6.07) is 16.2. The molecule has 10 nitrogen and oxygen atoms in total. The third-order valence-corrected chi connectivity index (χ3v) is 11.3. The van der Waals surface area contributed by atoms with E-state index in [1.54, 1.807) is 48.7 Å². The van der Waals surface area contributed by atoms with Crippen molar-refractivity contribution < 1.29 is 28.5 Å². The highest BCUT2D eigenvalue weighted by molar-refractivity contribution is 6.35. The Morgan fingerprint density at radius 2 is 1.78 bits per heavy atom. The number of amides is 1. The molecule has 0 radical (unpaired) electrons. The van der Waals surface area contributed by atoms with Crippen LogP contribution >= 0.6 is 23.2 Å². The molecule has 4 aromatic rings. The molecule has 3 saturated heterocycles. The fourth-order valence-electron chi connectivity index (χ4n) is 7.57. The Labute approximate surface area is 306 Å². The lowest BCUT2D eigenvalue weighted by molar-refractivity contribution is 0.0296. The van der Waals surface area contributed by atoms with Crippen molar-refractivity contribution in [3.8, 4) is 11.5 Å². The molecule has 9 rings (SSSR count). The molecule has 0 N–H and O–H groups in total. The van der Waals surface area contributed by atoms with Crippen LogP contribution in [-0.2, 0) is 22.4 Å². The van der Waals surface area contributed by atoms with Crippen LogP contribution in [0.15, 0.2) is 79.4 Å². The van der Waals surface area contributed by atoms with E-state index < -0.39 is 12.1 Å². The van der Waals surface area contributed by atoms with Gasteiger partial charge in [-0.1, -0.05) is 41.4 Å². The first-order valence-corrected chi connectivity index (χ1v) is 18.1. The molecule has 2 aliphatic carbocycles. The Bertz CT molecular complexity index is 1900. The number of benzene rings is 2. The number of esters is 1. The van der Waals surface area contributed by atoms with Crippen LogP contribution in [0, 0.1) is 17.8 Å². The fourth-order valence-corrected chi connectivity index (χ4v) is 8.09. The average Bonchev–Trinajstić information content (AvgIpc) is 4.07. The van der Waals surface area contributed by atoms with Gasteiger partial charge in [0.1, 0.15) is 11.7 Å². The lowest BCUT2D eigenvalue weighted by atomic mass is 10.0. The number of carbonyl (C=O) groups is 2. The first-order valence-electron chi connectivity index (χ1n) is 17.3. The minimum absolute atomic E-state index is 0.210. The van der Waals surface area contributed by atoms with E-state index in [9.17, 15) is 9.59 Å². The number of hydrogen-bond donors (Lipinski definition) is 0. The number of ether oxygens (including phenoxy) is 4. The van der Waals surface area contributed by atoms with E-state index in [4.69, 9.17) is 42.1 Å². The fraction of sp³-hybridized carbons (Fsp3) is 0.385. The normalized spacial score (nSPS) is 23.2. The molecule has 264 valence electrons. The molecule has 5 aliphatic rings. The average molecular weight is 730 g/mol. The van der Waals surface area contributed by atoms with Gasteiger partial charge in [-0.15, -0.1) is 0 Å². The smallest absolute Gasteiger partial charge is 0.415 e. The highest BCUT2D eigenvalue weighted by Gasteiger charge is 2.74. The van der Waals surface area contributed by atoms with E-state index in [1.165, 1.54) is 12.4 Å². The minimum atomic E-state index is -0.757. The van der Waals surface area contributed by atoms with Gasteiger partial charge >= 0.3 is 12.1 Å². The Kier molecular flexibility index (Phi) is 9.25. The molecular weight excluding hydrogens is 691 g/mol. The number of pyridine rings is 2. The van der Waals surface area contributed by atoms with Gasteiger partial charge in [0.25, 0.3) is 0 Å². The largest absolute Gasteiger partial charge is 0.493 e. The molecule has 5 fully saturated rings. The van der Waals surface area contributed by atoms with Crippen molar-refractivity contribution in [2.45, 2.75) is 43.9 Å². The zero-order valence-corrected chi connectivity index (χ0v) is 29.7. The van der Waals surface area contributed by atoms with Gasteiger partial charge in [0.2, 0.25) is 0 Å². The number of halogens is 2. The number of aromatic nitrogens is 2. The second kappa shape index (κ2) is 14.0. The van der Waals surface area contributed by atoms with Crippen LogP contribution in [0.5, 0.6) is 11.5 Å². The maximum Gasteiger partial charge on any atom is 0.415 e. The van der Waals surface area contributed by atoms with E-state index >= 15 is 0 Å². The third kappa shape index (κ3) is 6.97. The van der Waals surface area contributed by atoms with Crippen molar-refractivity contribution in [1.29, 1.82) is 0 Å². The summed E-state index contributed by atoms with van der Waals surface area (Å²) in [5.74, 6) is 2.04. The van der Waals surface area contributed by atoms with Crippen molar-refractivity contribution in [3.63, 3.8) is 0 Å². The SMILES string of the molecule is COc1ccc([C@@H](Cc2c(Cl)cncc2Cl)OC(=O)c2ccc(CN(C(=O)O[C@]34CN5CCC3C4C5)c3cccnc3)cc2)cc1OCC1CC1. The Morgan fingerprint density at radius 1 is 0.980 bits per heavy atom. The molecule has 2 aromatic carbocycles. The highest BCUT2D eigenvalue weighted by atomic mass is 35.5. The van der Waals surface area contributed by atoms with E-state index in [1.807, 2.05) is 30.3 Å². The van der Waals surface area contributed by atoms with Gasteiger partial charge in [-0.3, -0.25) is 19.8 Å². The first-order chi connectivity index (χ1) is 24.8. The number of rotatable bonds is 13. The standard InChI is InChI=1S/C39H38Cl2N4O6/c1-48-34-11-10-27(15-36(34)49-22-25-4-5-25)35(16-29-32(40)18-43-19-33(29)41)50-37(46)26-8-6-24(7-9-26)20-45(28-3-2-13-42-17-28)38(47)51-39-23-44-14-12-30(39)31(39)21-44/h2-3,6-11,13,15,17-19,25,30-31,35H,4-5,12,14,16,20-23H2,1H3/t30?,31?,35-,39-/m1/s1. The predicted octanol–water partition coefficient (Wildman–Crippen LogP) is 7.57. The predicted molar refractivity (Wildman–Crippen MR) is 191 cm³/mol. The molecule has 5 heterocycles. The minimum Gasteiger partial charge on any atom is -0.493 e. The molecule has 3 aliphatic heterocycles. The summed E-state index contributed by atoms with van der Waals surface area (Å²) in [5.41, 5.74) is 2.73. The Hall–Kier alpha value is -4.38. The number of nitrogens with zero attached hydrogens (tertiary/aromatic N) is 4. The van der Waals surface area contributed by atoms with Gasteiger partial charge in [-0.25, -0.2) is 9.59 Å². The molecular formula is C39H38Cl2N4O6. The van der Waals surface area contributed by atoms with Crippen LogP contribution in [-0.4, -0.2) is 65.9 Å². The second-order valence-electron chi connectivity index (χ2n) is 13.9. The molecule has 51 heavy (non-hydrogen) atoms. The summed E-state index contributed by atoms with van der Waals surface area (Å²) in [5, 5.41) is 0.746. The molecule has 4 bridgehead atoms. The highest BCUT2D eigenvalue weighted by Crippen LogP contribution is 2.63. The summed E-state index contributed by atoms with van der Waals surface area (Å²) >= 11 is 13.0. The summed E-state index contributed by atoms with van der Waals surface area (Å²) in [6.07, 6.45) is 8.78. The number of carbonyl (C=O) groups excluding carboxylic acids is 2. The topological polar surface area (TPSA) is 103 Å². The molecule has 3 unspecified atom stereocenters. The van der Waals surface area contributed by atoms with E-state index in [0.29, 0.717) is 68.3 Å². The molecule has 12 heteroatoms. The molecule has 1 amide bonds. The summed E-state index contributed by atoms with van der Waals surface area (Å²) in [6.45, 7) is 3.71. The van der Waals surface area contributed by atoms with Crippen LogP contribution in [0.25, 0.3) is 0 Å². The van der Waals surface area contributed by atoms with Crippen molar-refractivity contribution in [1.82, 2.24) is 14.9 Å². The zero-order chi connectivity index (χ0) is 35.1. The Morgan fingerprint density at radius 3 is 2.43 bits per heavy atom. The number of methoxy groups -OCH3 is 1. The van der Waals surface area contributed by atoms with Crippen molar-refractivity contribution in [2.75, 3.05) is 38.3 Å². The van der Waals surface area contributed by atoms with Gasteiger partial charge in [0.15, 0.2) is 11.5 Å². The van der Waals surface area contributed by atoms with E-state index in [0.717, 1.165) is 44.5 Å². The number of piperidine rings is 3. The molecule has 2 saturated carbocycles. The molecule has 0 spiro atoms. The lowest BCUT2D eigenvalue weighted by Crippen LogP contribution is -2.42. The molecule has 5 atom stereocenters. The van der Waals surface area contributed by atoms with Crippen LogP contribution in [0.2, 0.25) is 10.0 Å². The van der Waals surface area contributed by atoms with Crippen molar-refractivity contribution >= 4 is 41.0 Å². The zero-order valence-electron chi connectivity index (χ0n) is 28.2. The molecule has 2 aromatic heterocycles. The summed E-state index contributed by atoms with van der Waals surface area (Å²) < 4.78 is 24.1. The van der Waals surface area contributed by atoms with Crippen LogP contribution in [0.4, 0.5) is 10.5 Å². The third-order valence-electron chi connectivity index (χ3n) is 10.6. The maximum absolute atomic E-state index is 13.7. The monoisotopic (exact) mass is 728 g/mol. The lowest BCUT2D eigenvalue weighted by Gasteiger charge is -2.31. The second-order valence-corrected chi connectivity index (χ2v) is 14.7. The van der Waals surface area contributed by atoms with E-state index in [2.05, 4.69) is 14.9 Å². The van der Waals surface area contributed by atoms with Crippen molar-refractivity contribution in [3.05, 3.63) is 112 Å². The Balaban J connectivity index is 1.01. The van der Waals surface area contributed by atoms with Gasteiger partial charge < -0.3 is 18.9 Å². The van der Waals surface area contributed by atoms with Crippen LogP contribution in [0.1, 0.15) is 52.4 Å². The summed E-state index contributed by atoms with van der Waals surface area (Å²) in [7, 11) is 1.59. The van der Waals surface area contributed by atoms with Gasteiger partial charge in [-0.05, 0) is 84.8 Å². The van der Waals surface area contributed by atoms with Crippen molar-refractivity contribution in [2.24, 2.45) is 17.8 Å². The van der Waals surface area contributed by atoms with E-state index in [-0.39, 0.29) is 24.7 Å². The first kappa shape index (κ1) is 33.7.